The molecule has 8 nitrogen and oxygen atoms in total. The van der Waals surface area contributed by atoms with E-state index in [4.69, 9.17) is 15.4 Å². The van der Waals surface area contributed by atoms with E-state index in [1.54, 1.807) is 0 Å². The molecular weight excluding hydrogens is 284 g/mol. The molecule has 22 heavy (non-hydrogen) atoms. The van der Waals surface area contributed by atoms with Crippen molar-refractivity contribution in [2.24, 2.45) is 10.3 Å². The van der Waals surface area contributed by atoms with Crippen LogP contribution < -0.4 is 5.73 Å². The van der Waals surface area contributed by atoms with Crippen LogP contribution in [0.15, 0.2) is 34.6 Å². The molecule has 0 atom stereocenters. The minimum atomic E-state index is 0.138. The van der Waals surface area contributed by atoms with Crippen molar-refractivity contribution < 1.29 is 9.68 Å². The third kappa shape index (κ3) is 3.81. The Labute approximate surface area is 128 Å². The topological polar surface area (TPSA) is 111 Å². The van der Waals surface area contributed by atoms with Crippen LogP contribution >= 0.6 is 0 Å². The van der Waals surface area contributed by atoms with Crippen LogP contribution in [-0.2, 0) is 16.3 Å². The molecule has 1 heterocycles. The fraction of sp³-hybridized carbons (Fsp3) is 0.286. The van der Waals surface area contributed by atoms with Gasteiger partial charge in [-0.05, 0) is 13.8 Å². The van der Waals surface area contributed by atoms with Crippen molar-refractivity contribution in [3.8, 4) is 0 Å². The van der Waals surface area contributed by atoms with Gasteiger partial charge in [0.1, 0.15) is 13.7 Å². The number of hydrogen-bond acceptors (Lipinski definition) is 7. The van der Waals surface area contributed by atoms with E-state index in [0.717, 1.165) is 16.8 Å². The van der Waals surface area contributed by atoms with Crippen molar-refractivity contribution in [2.45, 2.75) is 20.5 Å². The van der Waals surface area contributed by atoms with Gasteiger partial charge in [0, 0.05) is 11.1 Å². The summed E-state index contributed by atoms with van der Waals surface area (Å²) in [5.41, 5.74) is 8.56. The van der Waals surface area contributed by atoms with E-state index in [1.807, 2.05) is 38.1 Å². The highest BCUT2D eigenvalue weighted by Gasteiger charge is 2.16. The average molecular weight is 302 g/mol. The second kappa shape index (κ2) is 7.21. The lowest BCUT2D eigenvalue weighted by Crippen LogP contribution is -2.10. The number of hydrogen-bond donors (Lipinski definition) is 2. The second-order valence-corrected chi connectivity index (χ2v) is 4.63. The highest BCUT2D eigenvalue weighted by atomic mass is 16.6. The molecule has 0 amide bonds. The smallest absolute Gasteiger partial charge is 0.239 e. The Morgan fingerprint density at radius 2 is 2.05 bits per heavy atom. The summed E-state index contributed by atoms with van der Waals surface area (Å²) < 4.78 is 0. The molecular formula is C14H18N6O2. The van der Waals surface area contributed by atoms with E-state index in [1.165, 1.54) is 7.11 Å². The van der Waals surface area contributed by atoms with Crippen LogP contribution in [0.1, 0.15) is 30.8 Å². The number of nitrogen functional groups attached to an aromatic ring is 1. The van der Waals surface area contributed by atoms with E-state index < -0.39 is 0 Å². The Balaban J connectivity index is 2.36. The number of rotatable bonds is 6. The number of aromatic nitrogens is 3. The van der Waals surface area contributed by atoms with Gasteiger partial charge in [-0.1, -0.05) is 34.6 Å². The number of nitrogens with two attached hydrogens (primary N) is 1. The Kier molecular flexibility index (Phi) is 5.07. The molecule has 0 unspecified atom stereocenters. The van der Waals surface area contributed by atoms with Crippen LogP contribution in [0.3, 0.4) is 0 Å². The number of nitrogens with zero attached hydrogens (tertiary/aromatic N) is 4. The fourth-order valence-corrected chi connectivity index (χ4v) is 1.80. The summed E-state index contributed by atoms with van der Waals surface area (Å²) in [6.07, 6.45) is 0. The molecule has 2 aromatic rings. The molecule has 0 aliphatic carbocycles. The highest BCUT2D eigenvalue weighted by Crippen LogP contribution is 2.15. The first-order valence-electron chi connectivity index (χ1n) is 6.62. The van der Waals surface area contributed by atoms with Crippen LogP contribution in [0, 0.1) is 0 Å². The predicted octanol–water partition coefficient (Wildman–Crippen LogP) is 1.70. The van der Waals surface area contributed by atoms with Gasteiger partial charge in [-0.2, -0.15) is 4.98 Å². The van der Waals surface area contributed by atoms with E-state index in [-0.39, 0.29) is 5.95 Å². The number of nitrogens with one attached hydrogen (secondary N) is 1. The van der Waals surface area contributed by atoms with Gasteiger partial charge < -0.3 is 15.4 Å². The van der Waals surface area contributed by atoms with Crippen molar-refractivity contribution in [3.63, 3.8) is 0 Å². The number of aromatic amines is 1. The summed E-state index contributed by atoms with van der Waals surface area (Å²) in [6, 6.07) is 7.60. The van der Waals surface area contributed by atoms with Gasteiger partial charge in [-0.25, -0.2) is 0 Å². The van der Waals surface area contributed by atoms with E-state index in [2.05, 4.69) is 25.5 Å². The fourth-order valence-electron chi connectivity index (χ4n) is 1.80. The minimum Gasteiger partial charge on any atom is -0.399 e. The number of benzene rings is 1. The standard InChI is InChI=1S/C14H18N6O2/c1-9(2)19-22-8-10-6-4-5-7-11(10)12(20-21-3)13-16-14(15)18-17-13/h4-7H,8H2,1-3H3,(H3,15,16,17,18). The minimum absolute atomic E-state index is 0.138. The average Bonchev–Trinajstić information content (AvgIpc) is 2.91. The monoisotopic (exact) mass is 302 g/mol. The predicted molar refractivity (Wildman–Crippen MR) is 83.5 cm³/mol. The maximum Gasteiger partial charge on any atom is 0.239 e. The molecule has 1 aromatic carbocycles. The zero-order chi connectivity index (χ0) is 15.9. The van der Waals surface area contributed by atoms with Crippen LogP contribution in [0.4, 0.5) is 5.95 Å². The molecule has 0 saturated carbocycles. The first-order valence-corrected chi connectivity index (χ1v) is 6.62. The van der Waals surface area contributed by atoms with Gasteiger partial charge >= 0.3 is 0 Å². The van der Waals surface area contributed by atoms with E-state index in [0.29, 0.717) is 18.1 Å². The van der Waals surface area contributed by atoms with Gasteiger partial charge in [0.05, 0.1) is 5.71 Å². The summed E-state index contributed by atoms with van der Waals surface area (Å²) in [7, 11) is 1.46. The number of oxime groups is 2. The highest BCUT2D eigenvalue weighted by molar-refractivity contribution is 6.11. The lowest BCUT2D eigenvalue weighted by molar-refractivity contribution is 0.130. The maximum atomic E-state index is 5.55. The van der Waals surface area contributed by atoms with Gasteiger partial charge in [0.2, 0.25) is 5.95 Å². The lowest BCUT2D eigenvalue weighted by atomic mass is 10.0. The molecule has 1 aromatic heterocycles. The Hall–Kier alpha value is -2.90. The first-order chi connectivity index (χ1) is 10.6. The zero-order valence-corrected chi connectivity index (χ0v) is 12.7. The molecule has 116 valence electrons. The third-order valence-electron chi connectivity index (χ3n) is 2.65. The summed E-state index contributed by atoms with van der Waals surface area (Å²) >= 11 is 0. The molecule has 8 heteroatoms. The van der Waals surface area contributed by atoms with Crippen molar-refractivity contribution in [3.05, 3.63) is 41.2 Å². The molecule has 0 aliphatic rings. The summed E-state index contributed by atoms with van der Waals surface area (Å²) in [6.45, 7) is 4.02. The van der Waals surface area contributed by atoms with Crippen LogP contribution in [0.2, 0.25) is 0 Å². The molecule has 2 rings (SSSR count). The molecule has 0 bridgehead atoms. The lowest BCUT2D eigenvalue weighted by Gasteiger charge is -2.09. The normalized spacial score (nSPS) is 11.1. The van der Waals surface area contributed by atoms with Crippen molar-refractivity contribution in [1.29, 1.82) is 0 Å². The summed E-state index contributed by atoms with van der Waals surface area (Å²) in [5.74, 6) is 0.556. The quantitative estimate of drug-likeness (QED) is 0.623. The van der Waals surface area contributed by atoms with Crippen LogP contribution in [-0.4, -0.2) is 33.7 Å². The van der Waals surface area contributed by atoms with E-state index in [9.17, 15) is 0 Å². The Bertz CT molecular complexity index is 688. The maximum absolute atomic E-state index is 5.55. The van der Waals surface area contributed by atoms with Gasteiger partial charge in [-0.3, -0.25) is 5.10 Å². The number of anilines is 1. The molecule has 0 saturated heterocycles. The summed E-state index contributed by atoms with van der Waals surface area (Å²) in [4.78, 5) is 14.3. The second-order valence-electron chi connectivity index (χ2n) is 4.63. The largest absolute Gasteiger partial charge is 0.399 e. The van der Waals surface area contributed by atoms with Crippen LogP contribution in [0.25, 0.3) is 0 Å². The van der Waals surface area contributed by atoms with Gasteiger partial charge in [0.15, 0.2) is 11.5 Å². The summed E-state index contributed by atoms with van der Waals surface area (Å²) in [5, 5.41) is 14.5. The van der Waals surface area contributed by atoms with Gasteiger partial charge in [0.25, 0.3) is 0 Å². The van der Waals surface area contributed by atoms with Crippen molar-refractivity contribution in [1.82, 2.24) is 15.2 Å². The van der Waals surface area contributed by atoms with Crippen LogP contribution in [0.5, 0.6) is 0 Å². The SMILES string of the molecule is CON=C(c1nc(N)n[nH]1)c1ccccc1CON=C(C)C. The zero-order valence-electron chi connectivity index (χ0n) is 12.7. The Morgan fingerprint density at radius 1 is 1.27 bits per heavy atom. The number of H-pyrrole nitrogens is 1. The van der Waals surface area contributed by atoms with Gasteiger partial charge in [-0.15, -0.1) is 5.10 Å². The van der Waals surface area contributed by atoms with E-state index >= 15 is 0 Å². The van der Waals surface area contributed by atoms with Crippen molar-refractivity contribution >= 4 is 17.4 Å². The molecule has 0 radical (unpaired) electrons. The molecule has 3 N–H and O–H groups in total. The first kappa shape index (κ1) is 15.5. The third-order valence-corrected chi connectivity index (χ3v) is 2.65. The van der Waals surface area contributed by atoms with Crippen molar-refractivity contribution in [2.75, 3.05) is 12.8 Å². The molecule has 0 spiro atoms. The molecule has 0 aliphatic heterocycles. The molecule has 0 fully saturated rings. The Morgan fingerprint density at radius 3 is 2.68 bits per heavy atom.